The molecule has 41 heteroatoms. The molecule has 3 fully saturated rings. The second-order valence-corrected chi connectivity index (χ2v) is 31.1. The number of amides is 14. The van der Waals surface area contributed by atoms with Crippen LogP contribution in [-0.4, -0.2) is 248 Å². The molecular weight excluding hydrogens is 1550 g/mol. The normalized spacial score (nSPS) is 17.8. The number of nitrogens with one attached hydrogen (secondary N) is 11. The van der Waals surface area contributed by atoms with E-state index >= 15 is 9.59 Å². The lowest BCUT2D eigenvalue weighted by atomic mass is 9.96. The van der Waals surface area contributed by atoms with Crippen molar-refractivity contribution in [3.05, 3.63) is 59.7 Å². The van der Waals surface area contributed by atoms with Gasteiger partial charge in [0.2, 0.25) is 82.7 Å². The fourth-order valence-corrected chi connectivity index (χ4v) is 14.0. The van der Waals surface area contributed by atoms with Crippen LogP contribution in [-0.2, 0) is 89.6 Å². The minimum absolute atomic E-state index is 0.00423. The number of nitrogens with two attached hydrogens (primary N) is 6. The molecule has 41 nitrogen and oxygen atoms in total. The molecule has 3 heterocycles. The number of carboxylic acid groups (broad SMARTS) is 2. The number of hydrogen-bond donors (Lipinski definition) is 21. The summed E-state index contributed by atoms with van der Waals surface area (Å²) in [4.78, 5) is 234. The fourth-order valence-electron chi connectivity index (χ4n) is 14.0. The third-order valence-electron chi connectivity index (χ3n) is 20.5. The van der Waals surface area contributed by atoms with Crippen molar-refractivity contribution in [1.82, 2.24) is 68.3 Å². The van der Waals surface area contributed by atoms with Gasteiger partial charge in [-0.25, -0.2) is 4.79 Å². The average molecular weight is 1670 g/mol. The molecule has 14 atom stereocenters. The summed E-state index contributed by atoms with van der Waals surface area (Å²) in [5.74, 6) is -16.7. The number of likely N-dealkylation sites (tertiary alicyclic amines) is 2. The van der Waals surface area contributed by atoms with Gasteiger partial charge >= 0.3 is 11.9 Å². The zero-order chi connectivity index (χ0) is 88.3. The van der Waals surface area contributed by atoms with E-state index in [1.807, 2.05) is 0 Å². The lowest BCUT2D eigenvalue weighted by Gasteiger charge is -2.32. The number of rotatable bonds is 50. The highest BCUT2D eigenvalue weighted by molar-refractivity contribution is 6.01. The summed E-state index contributed by atoms with van der Waals surface area (Å²) in [6.07, 6.45) is -1.46. The number of phenolic OH excluding ortho intramolecular Hbond substituents is 2. The van der Waals surface area contributed by atoms with Gasteiger partial charge in [-0.05, 0) is 156 Å². The van der Waals surface area contributed by atoms with Crippen LogP contribution in [0.15, 0.2) is 58.5 Å². The van der Waals surface area contributed by atoms with E-state index in [1.54, 1.807) is 41.5 Å². The van der Waals surface area contributed by atoms with Gasteiger partial charge in [-0.15, -0.1) is 0 Å². The molecule has 0 spiro atoms. The predicted octanol–water partition coefficient (Wildman–Crippen LogP) is -3.81. The van der Waals surface area contributed by atoms with Crippen molar-refractivity contribution in [1.29, 1.82) is 0 Å². The van der Waals surface area contributed by atoms with E-state index < -0.39 is 192 Å². The van der Waals surface area contributed by atoms with Gasteiger partial charge in [0.05, 0.1) is 6.42 Å². The number of unbranched alkanes of at least 4 members (excludes halogenated alkanes) is 1. The molecule has 0 bridgehead atoms. The molecule has 3 saturated heterocycles. The Morgan fingerprint density at radius 3 is 1.34 bits per heavy atom. The number of aliphatic imine (C=N–C) groups is 2. The Bertz CT molecular complexity index is 3910. The summed E-state index contributed by atoms with van der Waals surface area (Å²) in [7, 11) is 0. The molecule has 14 amide bonds. The number of carbonyl (C=O) groups is 16. The molecule has 1 unspecified atom stereocenters. The first kappa shape index (κ1) is 97.6. The van der Waals surface area contributed by atoms with Gasteiger partial charge < -0.3 is 123 Å². The van der Waals surface area contributed by atoms with Crippen LogP contribution in [0.2, 0.25) is 0 Å². The lowest BCUT2D eigenvalue weighted by Crippen LogP contribution is -2.61. The van der Waals surface area contributed by atoms with E-state index in [4.69, 9.17) is 34.4 Å². The molecule has 0 aliphatic carbocycles. The van der Waals surface area contributed by atoms with Gasteiger partial charge in [0, 0.05) is 51.9 Å². The number of guanidine groups is 2. The van der Waals surface area contributed by atoms with Crippen LogP contribution in [0.3, 0.4) is 0 Å². The summed E-state index contributed by atoms with van der Waals surface area (Å²) in [5, 5.41) is 68.7. The highest BCUT2D eigenvalue weighted by atomic mass is 16.4. The van der Waals surface area contributed by atoms with Gasteiger partial charge in [-0.1, -0.05) is 72.2 Å². The quantitative estimate of drug-likeness (QED) is 0.0172. The average Bonchev–Trinajstić information content (AvgIpc) is 1.76. The first-order valence-electron chi connectivity index (χ1n) is 40.3. The molecule has 5 rings (SSSR count). The van der Waals surface area contributed by atoms with Gasteiger partial charge in [0.15, 0.2) is 11.9 Å². The smallest absolute Gasteiger partial charge is 0.326 e. The maximum absolute atomic E-state index is 15.1. The zero-order valence-corrected chi connectivity index (χ0v) is 68.3. The van der Waals surface area contributed by atoms with E-state index in [1.165, 1.54) is 53.4 Å². The second kappa shape index (κ2) is 48.7. The van der Waals surface area contributed by atoms with E-state index in [0.29, 0.717) is 24.0 Å². The monoisotopic (exact) mass is 1670 g/mol. The van der Waals surface area contributed by atoms with Crippen molar-refractivity contribution in [3.63, 3.8) is 0 Å². The van der Waals surface area contributed by atoms with E-state index in [0.717, 1.165) is 4.90 Å². The number of aliphatic carboxylic acids is 2. The van der Waals surface area contributed by atoms with Crippen molar-refractivity contribution >= 4 is 107 Å². The van der Waals surface area contributed by atoms with E-state index in [2.05, 4.69) is 68.5 Å². The molecular formula is C78H121N21O20. The number of benzene rings is 2. The Balaban J connectivity index is 1.41. The number of carboxylic acids is 2. The minimum Gasteiger partial charge on any atom is -0.508 e. The molecule has 3 aliphatic rings. The first-order chi connectivity index (χ1) is 56.3. The number of aromatic hydroxyl groups is 2. The van der Waals surface area contributed by atoms with Crippen molar-refractivity contribution < 1.29 is 97.1 Å². The first-order valence-corrected chi connectivity index (χ1v) is 40.3. The maximum Gasteiger partial charge on any atom is 0.326 e. The third-order valence-corrected chi connectivity index (χ3v) is 20.5. The SMILES string of the molecule is CC[C@H](C)[C@H](NC(=O)[C@@H](Cc1ccc(O)cc1)NC(=O)[C@@H]1CCCN1C(=O)[C@H](CCCN=C(N)N)NC(=O)[C@H](CCCN=C(N)N)NC(=O)[C@@H]1CCCN1C(=O)[C@H](CCCCN)NC(=O)C(CC(N)=O)NC(=O)[C@H](CCC(=O)O)NC(=O)[C@H](Cc1ccc(O)cc1)NC(=O)[C@H](CC(C)C)NC(=O)[C@@H]1CCC(=O)N1)C(=O)N[C@@H](CC(C)C)C(=O)O. The Labute approximate surface area is 690 Å². The fraction of sp³-hybridized carbons (Fsp3) is 0.615. The summed E-state index contributed by atoms with van der Waals surface area (Å²) in [6.45, 7) is 10.5. The molecule has 119 heavy (non-hydrogen) atoms. The van der Waals surface area contributed by atoms with Crippen LogP contribution in [0.5, 0.6) is 11.5 Å². The van der Waals surface area contributed by atoms with Crippen LogP contribution >= 0.6 is 0 Å². The second-order valence-electron chi connectivity index (χ2n) is 31.1. The molecule has 0 aromatic heterocycles. The largest absolute Gasteiger partial charge is 0.508 e. The van der Waals surface area contributed by atoms with Crippen molar-refractivity contribution in [2.75, 3.05) is 32.7 Å². The zero-order valence-electron chi connectivity index (χ0n) is 68.3. The van der Waals surface area contributed by atoms with Gasteiger partial charge in [0.1, 0.15) is 90.0 Å². The van der Waals surface area contributed by atoms with Crippen LogP contribution in [0.1, 0.15) is 175 Å². The van der Waals surface area contributed by atoms with E-state index in [9.17, 15) is 87.5 Å². The summed E-state index contributed by atoms with van der Waals surface area (Å²) in [5.41, 5.74) is 34.9. The van der Waals surface area contributed by atoms with Crippen LogP contribution in [0, 0.1) is 17.8 Å². The predicted molar refractivity (Wildman–Crippen MR) is 433 cm³/mol. The molecule has 0 saturated carbocycles. The topological polar surface area (TPSA) is 674 Å². The Morgan fingerprint density at radius 2 is 0.882 bits per heavy atom. The standard InChI is InChI=1S/C78H121N21O20/c1-7-43(6)63(73(115)96-57(76(118)119)37-42(4)5)97-70(112)55(39-45-21-25-47(101)26-22-45)95-72(114)59-18-13-35-99(59)75(117)52(16-11-33-86-78(83)84)90-64(106)48(15-10-32-85-77(81)82)89-71(113)58-17-12-34-98(58)74(116)51(14-8-9-31-79)91-69(111)56(40-60(80)102)94-66(108)50(28-30-62(104)105)88-68(110)54(38-44-19-23-46(100)24-20-44)93-67(109)53(36-41(2)3)92-65(107)49-27-29-61(103)87-49/h19-26,41-43,48-59,63,100-101H,7-18,27-40,79H2,1-6H3,(H2,80,102)(H,87,103)(H,88,110)(H,89,113)(H,90,106)(H,91,111)(H,92,107)(H,93,109)(H,94,108)(H,95,114)(H,96,115)(H,97,112)(H,104,105)(H,118,119)(H4,81,82,85)(H4,83,84,86)/t43-,48-,49-,50-,51-,52-,53-,54-,55+,56?,57-,58-,59-,63-/m0/s1. The van der Waals surface area contributed by atoms with E-state index in [-0.39, 0.29) is 177 Å². The molecule has 27 N–H and O–H groups in total. The number of primary amides is 1. The molecule has 2 aromatic rings. The van der Waals surface area contributed by atoms with Crippen LogP contribution in [0.4, 0.5) is 0 Å². The lowest BCUT2D eigenvalue weighted by molar-refractivity contribution is -0.144. The number of phenols is 2. The number of carbonyl (C=O) groups excluding carboxylic acids is 14. The Morgan fingerprint density at radius 1 is 0.479 bits per heavy atom. The van der Waals surface area contributed by atoms with Crippen LogP contribution < -0.4 is 92.9 Å². The molecule has 0 radical (unpaired) electrons. The van der Waals surface area contributed by atoms with Crippen LogP contribution in [0.25, 0.3) is 0 Å². The highest BCUT2D eigenvalue weighted by Crippen LogP contribution is 2.25. The van der Waals surface area contributed by atoms with Crippen molar-refractivity contribution in [3.8, 4) is 11.5 Å². The Hall–Kier alpha value is -11.9. The van der Waals surface area contributed by atoms with Crippen molar-refractivity contribution in [2.45, 2.75) is 255 Å². The summed E-state index contributed by atoms with van der Waals surface area (Å²) < 4.78 is 0. The maximum atomic E-state index is 15.1. The highest BCUT2D eigenvalue weighted by Gasteiger charge is 2.44. The Kier molecular flexibility index (Phi) is 39.9. The molecule has 2 aromatic carbocycles. The summed E-state index contributed by atoms with van der Waals surface area (Å²) >= 11 is 0. The number of nitrogens with zero attached hydrogens (tertiary/aromatic N) is 4. The number of hydrogen-bond acceptors (Lipinski definition) is 21. The summed E-state index contributed by atoms with van der Waals surface area (Å²) in [6, 6.07) is -7.40. The molecule has 3 aliphatic heterocycles. The minimum atomic E-state index is -1.93. The molecule has 658 valence electrons. The van der Waals surface area contributed by atoms with Gasteiger partial charge in [-0.3, -0.25) is 81.9 Å². The third kappa shape index (κ3) is 32.8. The van der Waals surface area contributed by atoms with Gasteiger partial charge in [-0.2, -0.15) is 0 Å². The van der Waals surface area contributed by atoms with Gasteiger partial charge in [0.25, 0.3) is 0 Å². The van der Waals surface area contributed by atoms with Crippen molar-refractivity contribution in [2.24, 2.45) is 62.1 Å².